The number of hydrogen-bond donors (Lipinski definition) is 1. The number of nitrogens with one attached hydrogen (secondary N) is 1. The zero-order valence-corrected chi connectivity index (χ0v) is 14.5. The molecule has 0 bridgehead atoms. The van der Waals surface area contributed by atoms with Crippen LogP contribution >= 0.6 is 0 Å². The molecule has 0 atom stereocenters. The number of furan rings is 1. The number of piperazine rings is 1. The lowest BCUT2D eigenvalue weighted by Gasteiger charge is -2.34. The molecular weight excluding hydrogens is 349 g/mol. The topological polar surface area (TPSA) is 74.5 Å². The summed E-state index contributed by atoms with van der Waals surface area (Å²) in [5.41, 5.74) is 0.357. The molecule has 1 fully saturated rings. The predicted molar refractivity (Wildman–Crippen MR) is 98.5 cm³/mol. The SMILES string of the molecule is O=C(c1ccco1)N1CCN(c2nccc(Nc3ccccc3F)n2)CC1. The molecule has 0 unspecified atom stereocenters. The molecule has 3 heterocycles. The average Bonchev–Trinajstić information content (AvgIpc) is 3.24. The van der Waals surface area contributed by atoms with Crippen molar-refractivity contribution in [1.82, 2.24) is 14.9 Å². The number of rotatable bonds is 4. The normalized spacial score (nSPS) is 14.3. The van der Waals surface area contributed by atoms with Crippen LogP contribution in [0.3, 0.4) is 0 Å². The third kappa shape index (κ3) is 3.74. The van der Waals surface area contributed by atoms with E-state index in [-0.39, 0.29) is 11.7 Å². The van der Waals surface area contributed by atoms with Crippen LogP contribution in [0, 0.1) is 5.82 Å². The number of hydrogen-bond acceptors (Lipinski definition) is 6. The molecule has 27 heavy (non-hydrogen) atoms. The van der Waals surface area contributed by atoms with Crippen LogP contribution in [0.4, 0.5) is 21.8 Å². The molecule has 8 heteroatoms. The monoisotopic (exact) mass is 367 g/mol. The van der Waals surface area contributed by atoms with Crippen LogP contribution in [0.25, 0.3) is 0 Å². The van der Waals surface area contributed by atoms with E-state index in [1.54, 1.807) is 47.5 Å². The van der Waals surface area contributed by atoms with Gasteiger partial charge in [0.25, 0.3) is 5.91 Å². The van der Waals surface area contributed by atoms with Gasteiger partial charge in [-0.3, -0.25) is 4.79 Å². The summed E-state index contributed by atoms with van der Waals surface area (Å²) in [5.74, 6) is 0.940. The first-order valence-corrected chi connectivity index (χ1v) is 8.63. The molecule has 0 saturated carbocycles. The van der Waals surface area contributed by atoms with Gasteiger partial charge in [-0.2, -0.15) is 4.98 Å². The highest BCUT2D eigenvalue weighted by Gasteiger charge is 2.24. The molecular formula is C19H18FN5O2. The second kappa shape index (κ2) is 7.45. The summed E-state index contributed by atoms with van der Waals surface area (Å²) in [6.45, 7) is 2.31. The lowest BCUT2D eigenvalue weighted by Crippen LogP contribution is -2.49. The lowest BCUT2D eigenvalue weighted by atomic mass is 10.3. The Bertz CT molecular complexity index is 923. The van der Waals surface area contributed by atoms with Crippen LogP contribution in [-0.4, -0.2) is 47.0 Å². The number of carbonyl (C=O) groups excluding carboxylic acids is 1. The number of para-hydroxylation sites is 1. The number of aromatic nitrogens is 2. The Balaban J connectivity index is 1.41. The summed E-state index contributed by atoms with van der Waals surface area (Å²) >= 11 is 0. The quantitative estimate of drug-likeness (QED) is 0.764. The Kier molecular flexibility index (Phi) is 4.69. The predicted octanol–water partition coefficient (Wildman–Crippen LogP) is 2.91. The molecule has 0 spiro atoms. The molecule has 7 nitrogen and oxygen atoms in total. The van der Waals surface area contributed by atoms with Gasteiger partial charge < -0.3 is 19.5 Å². The summed E-state index contributed by atoms with van der Waals surface area (Å²) in [5, 5.41) is 2.97. The molecule has 0 radical (unpaired) electrons. The molecule has 0 aliphatic carbocycles. The van der Waals surface area contributed by atoms with Crippen molar-refractivity contribution in [2.45, 2.75) is 0 Å². The van der Waals surface area contributed by atoms with E-state index in [0.29, 0.717) is 49.4 Å². The van der Waals surface area contributed by atoms with E-state index >= 15 is 0 Å². The molecule has 1 aliphatic heterocycles. The van der Waals surface area contributed by atoms with E-state index in [1.807, 2.05) is 4.90 Å². The maximum absolute atomic E-state index is 13.8. The molecule has 4 rings (SSSR count). The zero-order valence-electron chi connectivity index (χ0n) is 14.5. The first kappa shape index (κ1) is 17.0. The van der Waals surface area contributed by atoms with Crippen molar-refractivity contribution in [2.24, 2.45) is 0 Å². The Morgan fingerprint density at radius 1 is 1.07 bits per heavy atom. The van der Waals surface area contributed by atoms with Gasteiger partial charge in [0.05, 0.1) is 12.0 Å². The largest absolute Gasteiger partial charge is 0.459 e. The average molecular weight is 367 g/mol. The summed E-state index contributed by atoms with van der Waals surface area (Å²) in [6.07, 6.45) is 3.12. The minimum absolute atomic E-state index is 0.115. The maximum Gasteiger partial charge on any atom is 0.289 e. The molecule has 1 amide bonds. The maximum atomic E-state index is 13.8. The van der Waals surface area contributed by atoms with Crippen molar-refractivity contribution < 1.29 is 13.6 Å². The van der Waals surface area contributed by atoms with Crippen LogP contribution in [0.15, 0.2) is 59.3 Å². The fourth-order valence-electron chi connectivity index (χ4n) is 2.94. The van der Waals surface area contributed by atoms with Crippen LogP contribution in [0.2, 0.25) is 0 Å². The van der Waals surface area contributed by atoms with E-state index < -0.39 is 0 Å². The van der Waals surface area contributed by atoms with E-state index in [4.69, 9.17) is 4.42 Å². The minimum Gasteiger partial charge on any atom is -0.459 e. The first-order chi connectivity index (χ1) is 13.2. The van der Waals surface area contributed by atoms with E-state index in [2.05, 4.69) is 15.3 Å². The second-order valence-corrected chi connectivity index (χ2v) is 6.10. The fourth-order valence-corrected chi connectivity index (χ4v) is 2.94. The Morgan fingerprint density at radius 2 is 1.89 bits per heavy atom. The van der Waals surface area contributed by atoms with E-state index in [9.17, 15) is 9.18 Å². The summed E-state index contributed by atoms with van der Waals surface area (Å²) in [4.78, 5) is 24.8. The van der Waals surface area contributed by atoms with Crippen LogP contribution < -0.4 is 10.2 Å². The highest BCUT2D eigenvalue weighted by Crippen LogP contribution is 2.20. The first-order valence-electron chi connectivity index (χ1n) is 8.63. The molecule has 1 N–H and O–H groups in total. The van der Waals surface area contributed by atoms with Gasteiger partial charge in [-0.25, -0.2) is 9.37 Å². The molecule has 2 aromatic heterocycles. The molecule has 1 aromatic carbocycles. The van der Waals surface area contributed by atoms with Gasteiger partial charge in [0.1, 0.15) is 11.6 Å². The standard InChI is InChI=1S/C19H18FN5O2/c20-14-4-1-2-5-15(14)22-17-7-8-21-19(23-17)25-11-9-24(10-12-25)18(26)16-6-3-13-27-16/h1-8,13H,9-12H2,(H,21,22,23). The third-order valence-corrected chi connectivity index (χ3v) is 4.36. The summed E-state index contributed by atoms with van der Waals surface area (Å²) in [6, 6.07) is 11.5. The van der Waals surface area contributed by atoms with Crippen LogP contribution in [0.1, 0.15) is 10.6 Å². The summed E-state index contributed by atoms with van der Waals surface area (Å²) in [7, 11) is 0. The highest BCUT2D eigenvalue weighted by molar-refractivity contribution is 5.91. The smallest absolute Gasteiger partial charge is 0.289 e. The molecule has 1 aliphatic rings. The highest BCUT2D eigenvalue weighted by atomic mass is 19.1. The fraction of sp³-hybridized carbons (Fsp3) is 0.211. The van der Waals surface area contributed by atoms with Gasteiger partial charge in [-0.1, -0.05) is 12.1 Å². The molecule has 138 valence electrons. The summed E-state index contributed by atoms with van der Waals surface area (Å²) < 4.78 is 19.0. The number of benzene rings is 1. The van der Waals surface area contributed by atoms with Crippen molar-refractivity contribution in [3.63, 3.8) is 0 Å². The van der Waals surface area contributed by atoms with Crippen molar-refractivity contribution in [3.8, 4) is 0 Å². The van der Waals surface area contributed by atoms with Gasteiger partial charge >= 0.3 is 0 Å². The van der Waals surface area contributed by atoms with Crippen molar-refractivity contribution in [2.75, 3.05) is 36.4 Å². The number of anilines is 3. The van der Waals surface area contributed by atoms with E-state index in [1.165, 1.54) is 12.3 Å². The number of nitrogens with zero attached hydrogens (tertiary/aromatic N) is 4. The van der Waals surface area contributed by atoms with Gasteiger partial charge in [0.2, 0.25) is 5.95 Å². The van der Waals surface area contributed by atoms with Crippen molar-refractivity contribution in [3.05, 3.63) is 66.5 Å². The molecule has 3 aromatic rings. The van der Waals surface area contributed by atoms with Crippen molar-refractivity contribution in [1.29, 1.82) is 0 Å². The van der Waals surface area contributed by atoms with Crippen molar-refractivity contribution >= 4 is 23.4 Å². The van der Waals surface area contributed by atoms with Crippen LogP contribution in [0.5, 0.6) is 0 Å². The Hall–Kier alpha value is -3.42. The zero-order chi connectivity index (χ0) is 18.6. The third-order valence-electron chi connectivity index (χ3n) is 4.36. The van der Waals surface area contributed by atoms with Gasteiger partial charge in [0, 0.05) is 32.4 Å². The molecule has 1 saturated heterocycles. The minimum atomic E-state index is -0.345. The van der Waals surface area contributed by atoms with Gasteiger partial charge in [-0.05, 0) is 30.3 Å². The number of carbonyl (C=O) groups is 1. The number of halogens is 1. The van der Waals surface area contributed by atoms with E-state index in [0.717, 1.165) is 0 Å². The lowest BCUT2D eigenvalue weighted by molar-refractivity contribution is 0.0714. The van der Waals surface area contributed by atoms with Crippen LogP contribution in [-0.2, 0) is 0 Å². The van der Waals surface area contributed by atoms with Gasteiger partial charge in [-0.15, -0.1) is 0 Å². The Morgan fingerprint density at radius 3 is 2.63 bits per heavy atom. The second-order valence-electron chi connectivity index (χ2n) is 6.10. The Labute approximate surface area is 155 Å². The van der Waals surface area contributed by atoms with Gasteiger partial charge in [0.15, 0.2) is 5.76 Å². The number of amides is 1.